The standard InChI is InChI=1S/C22H21F3N4O2/c23-22(24,25)18-5-2-1-4-16(18)13-8-14-11-29(12-15(14)9-13)21(31)28-19-6-3-7-27-10-17(19)20(26)30/h1-7,10,13-15H,8-9,11-12H2,(H2,26,30). The number of alkyl halides is 3. The highest BCUT2D eigenvalue weighted by Crippen LogP contribution is 2.48. The van der Waals surface area contributed by atoms with Gasteiger partial charge in [-0.15, -0.1) is 0 Å². The Morgan fingerprint density at radius 3 is 2.39 bits per heavy atom. The first-order valence-electron chi connectivity index (χ1n) is 9.98. The molecule has 1 aromatic carbocycles. The van der Waals surface area contributed by atoms with Gasteiger partial charge in [0.05, 0.1) is 16.5 Å². The van der Waals surface area contributed by atoms with E-state index in [1.165, 1.54) is 24.5 Å². The molecule has 2 atom stereocenters. The van der Waals surface area contributed by atoms with Crippen molar-refractivity contribution >= 4 is 11.9 Å². The molecule has 1 aliphatic carbocycles. The van der Waals surface area contributed by atoms with E-state index in [1.54, 1.807) is 23.1 Å². The second kappa shape index (κ2) is 8.13. The summed E-state index contributed by atoms with van der Waals surface area (Å²) in [5.74, 6) is -0.674. The maximum Gasteiger partial charge on any atom is 0.416 e. The molecule has 2 heterocycles. The van der Waals surface area contributed by atoms with Crippen molar-refractivity contribution in [3.05, 3.63) is 70.8 Å². The van der Waals surface area contributed by atoms with E-state index >= 15 is 0 Å². The Bertz CT molecular complexity index is 1070. The Kier molecular flexibility index (Phi) is 5.51. The van der Waals surface area contributed by atoms with Crippen molar-refractivity contribution in [1.82, 2.24) is 9.88 Å². The van der Waals surface area contributed by atoms with Crippen LogP contribution in [0.15, 0.2) is 53.8 Å². The predicted molar refractivity (Wildman–Crippen MR) is 106 cm³/mol. The number of carbonyl (C=O) groups is 2. The third kappa shape index (κ3) is 4.30. The van der Waals surface area contributed by atoms with Crippen LogP contribution in [-0.2, 0) is 6.18 Å². The molecule has 1 saturated carbocycles. The fourth-order valence-corrected chi connectivity index (χ4v) is 4.74. The van der Waals surface area contributed by atoms with E-state index in [2.05, 4.69) is 9.98 Å². The van der Waals surface area contributed by atoms with Gasteiger partial charge in [-0.1, -0.05) is 18.2 Å². The number of hydrogen-bond donors (Lipinski definition) is 1. The van der Waals surface area contributed by atoms with Gasteiger partial charge in [0.25, 0.3) is 5.91 Å². The van der Waals surface area contributed by atoms with E-state index in [4.69, 9.17) is 5.73 Å². The highest BCUT2D eigenvalue weighted by atomic mass is 19.4. The Morgan fingerprint density at radius 2 is 1.74 bits per heavy atom. The minimum Gasteiger partial charge on any atom is -0.365 e. The smallest absolute Gasteiger partial charge is 0.365 e. The largest absolute Gasteiger partial charge is 0.416 e. The van der Waals surface area contributed by atoms with Crippen molar-refractivity contribution in [2.24, 2.45) is 22.6 Å². The van der Waals surface area contributed by atoms with Crippen molar-refractivity contribution in [3.8, 4) is 0 Å². The number of nitrogens with zero attached hydrogens (tertiary/aromatic N) is 3. The highest BCUT2D eigenvalue weighted by Gasteiger charge is 2.45. The van der Waals surface area contributed by atoms with Crippen molar-refractivity contribution in [2.45, 2.75) is 24.9 Å². The van der Waals surface area contributed by atoms with Gasteiger partial charge in [0, 0.05) is 25.5 Å². The number of aromatic nitrogens is 1. The minimum absolute atomic E-state index is 0.0431. The van der Waals surface area contributed by atoms with E-state index < -0.39 is 23.7 Å². The van der Waals surface area contributed by atoms with Gasteiger partial charge in [-0.3, -0.25) is 9.78 Å². The molecule has 0 bridgehead atoms. The van der Waals surface area contributed by atoms with Crippen LogP contribution < -0.4 is 11.1 Å². The summed E-state index contributed by atoms with van der Waals surface area (Å²) >= 11 is 0. The number of rotatable bonds is 2. The van der Waals surface area contributed by atoms with Gasteiger partial charge < -0.3 is 10.6 Å². The van der Waals surface area contributed by atoms with Gasteiger partial charge in [0.1, 0.15) is 0 Å². The number of nitrogens with two attached hydrogens (primary N) is 1. The van der Waals surface area contributed by atoms with E-state index in [-0.39, 0.29) is 28.7 Å². The number of fused-ring (bicyclic) bond motifs is 1. The first kappa shape index (κ1) is 21.0. The summed E-state index contributed by atoms with van der Waals surface area (Å²) in [6.07, 6.45) is -0.477. The highest BCUT2D eigenvalue weighted by molar-refractivity contribution is 5.92. The van der Waals surface area contributed by atoms with Crippen LogP contribution in [0.1, 0.15) is 40.2 Å². The molecule has 2 N–H and O–H groups in total. The molecule has 2 aliphatic rings. The van der Waals surface area contributed by atoms with Crippen LogP contribution >= 0.6 is 0 Å². The van der Waals surface area contributed by atoms with E-state index in [9.17, 15) is 22.8 Å². The second-order valence-electron chi connectivity index (χ2n) is 8.02. The molecule has 162 valence electrons. The topological polar surface area (TPSA) is 88.6 Å². The normalized spacial score (nSPS) is 23.6. The minimum atomic E-state index is -4.38. The number of urea groups is 1. The molecule has 6 nitrogen and oxygen atoms in total. The molecule has 3 amide bonds. The molecule has 0 spiro atoms. The molecule has 4 rings (SSSR count). The van der Waals surface area contributed by atoms with Crippen LogP contribution in [0.5, 0.6) is 0 Å². The van der Waals surface area contributed by atoms with Crippen LogP contribution in [0.25, 0.3) is 0 Å². The van der Waals surface area contributed by atoms with Crippen LogP contribution in [-0.4, -0.2) is 34.9 Å². The zero-order valence-electron chi connectivity index (χ0n) is 16.5. The Morgan fingerprint density at radius 1 is 1.06 bits per heavy atom. The molecule has 1 aliphatic heterocycles. The molecule has 2 fully saturated rings. The molecule has 2 unspecified atom stereocenters. The third-order valence-corrected chi connectivity index (χ3v) is 6.11. The van der Waals surface area contributed by atoms with Crippen LogP contribution in [0.4, 0.5) is 18.0 Å². The zero-order valence-corrected chi connectivity index (χ0v) is 16.5. The summed E-state index contributed by atoms with van der Waals surface area (Å²) in [4.78, 5) is 33.8. The molecule has 31 heavy (non-hydrogen) atoms. The summed E-state index contributed by atoms with van der Waals surface area (Å²) in [6, 6.07) is 8.29. The molecular formula is C22H21F3N4O2. The van der Waals surface area contributed by atoms with Gasteiger partial charge >= 0.3 is 12.2 Å². The van der Waals surface area contributed by atoms with Gasteiger partial charge in [0.15, 0.2) is 0 Å². The number of benzene rings is 1. The quantitative estimate of drug-likeness (QED) is 0.793. The second-order valence-corrected chi connectivity index (χ2v) is 8.02. The lowest BCUT2D eigenvalue weighted by molar-refractivity contribution is -0.138. The van der Waals surface area contributed by atoms with Crippen LogP contribution in [0.2, 0.25) is 0 Å². The van der Waals surface area contributed by atoms with Crippen molar-refractivity contribution in [1.29, 1.82) is 0 Å². The molecule has 2 aromatic rings. The van der Waals surface area contributed by atoms with Gasteiger partial charge in [-0.05, 0) is 54.4 Å². The molecular weight excluding hydrogens is 409 g/mol. The summed E-state index contributed by atoms with van der Waals surface area (Å²) < 4.78 is 40.1. The Labute approximate surface area is 176 Å². The van der Waals surface area contributed by atoms with E-state index in [0.29, 0.717) is 31.5 Å². The summed E-state index contributed by atoms with van der Waals surface area (Å²) in [5, 5.41) is 0.143. The lowest BCUT2D eigenvalue weighted by Gasteiger charge is -2.20. The Balaban J connectivity index is 1.50. The summed E-state index contributed by atoms with van der Waals surface area (Å²) in [7, 11) is 0. The van der Waals surface area contributed by atoms with Gasteiger partial charge in [-0.25, -0.2) is 4.79 Å². The van der Waals surface area contributed by atoms with Crippen molar-refractivity contribution < 1.29 is 22.8 Å². The fraction of sp³-hybridized carbons (Fsp3) is 0.364. The lowest BCUT2D eigenvalue weighted by atomic mass is 9.91. The maximum absolute atomic E-state index is 13.4. The predicted octanol–water partition coefficient (Wildman–Crippen LogP) is 3.35. The number of likely N-dealkylation sites (tertiary alicyclic amines) is 1. The van der Waals surface area contributed by atoms with Crippen molar-refractivity contribution in [2.75, 3.05) is 13.1 Å². The molecule has 1 aromatic heterocycles. The van der Waals surface area contributed by atoms with Gasteiger partial charge in [0.2, 0.25) is 0 Å². The zero-order chi connectivity index (χ0) is 22.2. The number of carbonyl (C=O) groups excluding carboxylic acids is 2. The Hall–Kier alpha value is -3.23. The molecule has 1 saturated heterocycles. The third-order valence-electron chi connectivity index (χ3n) is 6.11. The maximum atomic E-state index is 13.4. The van der Waals surface area contributed by atoms with Crippen molar-refractivity contribution in [3.63, 3.8) is 0 Å². The van der Waals surface area contributed by atoms with Crippen LogP contribution in [0.3, 0.4) is 0 Å². The summed E-state index contributed by atoms with van der Waals surface area (Å²) in [6.45, 7) is 0.863. The van der Waals surface area contributed by atoms with E-state index in [0.717, 1.165) is 6.07 Å². The van der Waals surface area contributed by atoms with Crippen LogP contribution in [0, 0.1) is 11.8 Å². The summed E-state index contributed by atoms with van der Waals surface area (Å²) in [5.41, 5.74) is 5.15. The van der Waals surface area contributed by atoms with Gasteiger partial charge in [-0.2, -0.15) is 18.2 Å². The average molecular weight is 430 g/mol. The monoisotopic (exact) mass is 430 g/mol. The first-order valence-corrected chi connectivity index (χ1v) is 9.98. The first-order chi connectivity index (χ1) is 14.7. The lowest BCUT2D eigenvalue weighted by Crippen LogP contribution is -2.30. The average Bonchev–Trinajstić information content (AvgIpc) is 3.20. The number of halogens is 3. The van der Waals surface area contributed by atoms with E-state index in [1.807, 2.05) is 0 Å². The number of amides is 3. The fourth-order valence-electron chi connectivity index (χ4n) is 4.74. The molecule has 0 radical (unpaired) electrons. The molecule has 9 heteroatoms. The number of primary amides is 1. The number of hydrogen-bond acceptors (Lipinski definition) is 3. The SMILES string of the molecule is NC(=O)c1cncccc1=NC(=O)N1CC2CC(c3ccccc3C(F)(F)F)CC2C1.